The van der Waals surface area contributed by atoms with Crippen molar-refractivity contribution in [3.8, 4) is 11.1 Å². The normalized spacial score (nSPS) is 10.8. The quantitative estimate of drug-likeness (QED) is 0.845. The van der Waals surface area contributed by atoms with E-state index in [1.165, 1.54) is 0 Å². The Hall–Kier alpha value is -1.91. The number of rotatable bonds is 6. The lowest BCUT2D eigenvalue weighted by atomic mass is 10.1. The number of pyridine rings is 1. The van der Waals surface area contributed by atoms with Gasteiger partial charge < -0.3 is 16.0 Å². The molecule has 1 heterocycles. The van der Waals surface area contributed by atoms with Crippen LogP contribution in [0.25, 0.3) is 11.1 Å². The molecule has 1 aromatic carbocycles. The lowest BCUT2D eigenvalue weighted by molar-refractivity contribution is 0.425. The number of hydrogen-bond donors (Lipinski definition) is 2. The second kappa shape index (κ2) is 7.03. The maximum absolute atomic E-state index is 5.84. The predicted molar refractivity (Wildman–Crippen MR) is 84.6 cm³/mol. The van der Waals surface area contributed by atoms with Gasteiger partial charge in [0.2, 0.25) is 0 Å². The average Bonchev–Trinajstić information content (AvgIpc) is 2.48. The monoisotopic (exact) mass is 270 g/mol. The van der Waals surface area contributed by atoms with Gasteiger partial charge in [0.15, 0.2) is 0 Å². The Bertz CT molecular complexity index is 537. The molecule has 0 aliphatic rings. The zero-order valence-corrected chi connectivity index (χ0v) is 12.1. The number of nitrogens with zero attached hydrogens (tertiary/aromatic N) is 2. The first-order chi connectivity index (χ1) is 9.70. The number of anilines is 1. The minimum atomic E-state index is 0.484. The maximum Gasteiger partial charge on any atom is 0.130 e. The van der Waals surface area contributed by atoms with Gasteiger partial charge in [-0.15, -0.1) is 0 Å². The molecule has 0 aliphatic carbocycles. The van der Waals surface area contributed by atoms with Crippen LogP contribution in [0.4, 0.5) is 5.82 Å². The fraction of sp³-hybridized carbons (Fsp3) is 0.312. The summed E-state index contributed by atoms with van der Waals surface area (Å²) >= 11 is 0. The van der Waals surface area contributed by atoms with Crippen LogP contribution in [0.5, 0.6) is 0 Å². The summed E-state index contributed by atoms with van der Waals surface area (Å²) in [5, 5.41) is 3.34. The fourth-order valence-electron chi connectivity index (χ4n) is 2.01. The fourth-order valence-corrected chi connectivity index (χ4v) is 2.01. The molecule has 0 saturated heterocycles. The first kappa shape index (κ1) is 14.5. The van der Waals surface area contributed by atoms with Crippen molar-refractivity contribution >= 4 is 5.82 Å². The Balaban J connectivity index is 2.16. The summed E-state index contributed by atoms with van der Waals surface area (Å²) in [5.74, 6) is 0.883. The molecule has 0 spiro atoms. The largest absolute Gasteiger partial charge is 0.369 e. The van der Waals surface area contributed by atoms with E-state index in [2.05, 4.69) is 47.5 Å². The van der Waals surface area contributed by atoms with E-state index in [-0.39, 0.29) is 0 Å². The van der Waals surface area contributed by atoms with E-state index in [0.717, 1.165) is 35.6 Å². The van der Waals surface area contributed by atoms with Gasteiger partial charge in [-0.3, -0.25) is 0 Å². The Kier molecular flexibility index (Phi) is 5.09. The van der Waals surface area contributed by atoms with Crippen LogP contribution in [0, 0.1) is 0 Å². The van der Waals surface area contributed by atoms with Gasteiger partial charge in [0.25, 0.3) is 0 Å². The molecular formula is C16H22N4. The third kappa shape index (κ3) is 3.79. The standard InChI is InChI=1S/C16H22N4/c1-20(2)9-8-18-16-14(11-17)10-15(12-19-16)13-6-4-3-5-7-13/h3-7,10,12H,8-9,11,17H2,1-2H3,(H,18,19). The minimum Gasteiger partial charge on any atom is -0.369 e. The highest BCUT2D eigenvalue weighted by Gasteiger charge is 2.05. The highest BCUT2D eigenvalue weighted by Crippen LogP contribution is 2.22. The summed E-state index contributed by atoms with van der Waals surface area (Å²) in [6.07, 6.45) is 1.90. The number of nitrogens with one attached hydrogen (secondary N) is 1. The highest BCUT2D eigenvalue weighted by atomic mass is 15.1. The van der Waals surface area contributed by atoms with Crippen LogP contribution in [-0.4, -0.2) is 37.1 Å². The van der Waals surface area contributed by atoms with E-state index in [1.54, 1.807) is 0 Å². The summed E-state index contributed by atoms with van der Waals surface area (Å²) < 4.78 is 0. The van der Waals surface area contributed by atoms with Crippen molar-refractivity contribution in [3.63, 3.8) is 0 Å². The van der Waals surface area contributed by atoms with E-state index in [9.17, 15) is 0 Å². The molecule has 106 valence electrons. The lowest BCUT2D eigenvalue weighted by Crippen LogP contribution is -2.21. The number of nitrogens with two attached hydrogens (primary N) is 1. The Morgan fingerprint density at radius 2 is 1.90 bits per heavy atom. The smallest absolute Gasteiger partial charge is 0.130 e. The molecule has 4 heteroatoms. The molecule has 0 atom stereocenters. The van der Waals surface area contributed by atoms with E-state index in [4.69, 9.17) is 5.73 Å². The van der Waals surface area contributed by atoms with Gasteiger partial charge in [-0.2, -0.15) is 0 Å². The van der Waals surface area contributed by atoms with Crippen molar-refractivity contribution in [3.05, 3.63) is 48.2 Å². The summed E-state index contributed by atoms with van der Waals surface area (Å²) in [6.45, 7) is 2.31. The highest BCUT2D eigenvalue weighted by molar-refractivity contribution is 5.65. The zero-order chi connectivity index (χ0) is 14.4. The molecule has 2 aromatic rings. The van der Waals surface area contributed by atoms with Crippen LogP contribution in [0.1, 0.15) is 5.56 Å². The van der Waals surface area contributed by atoms with Gasteiger partial charge in [0, 0.05) is 37.0 Å². The molecule has 2 rings (SSSR count). The summed E-state index contributed by atoms with van der Waals surface area (Å²) in [7, 11) is 4.11. The molecule has 0 aliphatic heterocycles. The van der Waals surface area contributed by atoms with Gasteiger partial charge in [-0.05, 0) is 25.7 Å². The molecule has 0 fully saturated rings. The van der Waals surface area contributed by atoms with Gasteiger partial charge in [-0.1, -0.05) is 30.3 Å². The summed E-state index contributed by atoms with van der Waals surface area (Å²) in [5.41, 5.74) is 9.15. The van der Waals surface area contributed by atoms with E-state index < -0.39 is 0 Å². The molecule has 1 aromatic heterocycles. The van der Waals surface area contributed by atoms with Crippen LogP contribution in [-0.2, 0) is 6.54 Å². The molecule has 0 radical (unpaired) electrons. The van der Waals surface area contributed by atoms with Crippen molar-refractivity contribution in [1.82, 2.24) is 9.88 Å². The molecule has 4 nitrogen and oxygen atoms in total. The van der Waals surface area contributed by atoms with Crippen molar-refractivity contribution < 1.29 is 0 Å². The Morgan fingerprint density at radius 1 is 1.15 bits per heavy atom. The summed E-state index contributed by atoms with van der Waals surface area (Å²) in [6, 6.07) is 12.3. The third-order valence-electron chi connectivity index (χ3n) is 3.15. The zero-order valence-electron chi connectivity index (χ0n) is 12.1. The summed E-state index contributed by atoms with van der Waals surface area (Å²) in [4.78, 5) is 6.65. The molecule has 3 N–H and O–H groups in total. The average molecular weight is 270 g/mol. The van der Waals surface area contributed by atoms with Crippen molar-refractivity contribution in [2.75, 3.05) is 32.5 Å². The topological polar surface area (TPSA) is 54.2 Å². The van der Waals surface area contributed by atoms with Crippen LogP contribution in [0.15, 0.2) is 42.6 Å². The van der Waals surface area contributed by atoms with E-state index >= 15 is 0 Å². The van der Waals surface area contributed by atoms with Crippen LogP contribution in [0.3, 0.4) is 0 Å². The Labute approximate surface area is 120 Å². The number of benzene rings is 1. The molecule has 0 amide bonds. The predicted octanol–water partition coefficient (Wildman–Crippen LogP) is 2.18. The molecule has 0 bridgehead atoms. The van der Waals surface area contributed by atoms with E-state index in [1.807, 2.05) is 24.4 Å². The van der Waals surface area contributed by atoms with Crippen molar-refractivity contribution in [2.24, 2.45) is 5.73 Å². The lowest BCUT2D eigenvalue weighted by Gasteiger charge is -2.14. The number of hydrogen-bond acceptors (Lipinski definition) is 4. The molecule has 0 unspecified atom stereocenters. The van der Waals surface area contributed by atoms with Crippen LogP contribution >= 0.6 is 0 Å². The molecular weight excluding hydrogens is 248 g/mol. The van der Waals surface area contributed by atoms with Crippen LogP contribution < -0.4 is 11.1 Å². The number of aromatic nitrogens is 1. The van der Waals surface area contributed by atoms with E-state index in [0.29, 0.717) is 6.54 Å². The maximum atomic E-state index is 5.84. The van der Waals surface area contributed by atoms with Gasteiger partial charge >= 0.3 is 0 Å². The molecule has 20 heavy (non-hydrogen) atoms. The second-order valence-electron chi connectivity index (χ2n) is 5.03. The molecule has 0 saturated carbocycles. The van der Waals surface area contributed by atoms with Crippen molar-refractivity contribution in [1.29, 1.82) is 0 Å². The van der Waals surface area contributed by atoms with Crippen molar-refractivity contribution in [2.45, 2.75) is 6.54 Å². The van der Waals surface area contributed by atoms with Gasteiger partial charge in [-0.25, -0.2) is 4.98 Å². The number of likely N-dealkylation sites (N-methyl/N-ethyl adjacent to an activating group) is 1. The van der Waals surface area contributed by atoms with Gasteiger partial charge in [0.05, 0.1) is 0 Å². The third-order valence-corrected chi connectivity index (χ3v) is 3.15. The minimum absolute atomic E-state index is 0.484. The second-order valence-corrected chi connectivity index (χ2v) is 5.03. The first-order valence-electron chi connectivity index (χ1n) is 6.83. The Morgan fingerprint density at radius 3 is 2.55 bits per heavy atom. The first-order valence-corrected chi connectivity index (χ1v) is 6.83. The van der Waals surface area contributed by atoms with Gasteiger partial charge in [0.1, 0.15) is 5.82 Å². The van der Waals surface area contributed by atoms with Crippen LogP contribution in [0.2, 0.25) is 0 Å². The SMILES string of the molecule is CN(C)CCNc1ncc(-c2ccccc2)cc1CN.